The van der Waals surface area contributed by atoms with Crippen LogP contribution in [0.5, 0.6) is 11.5 Å². The second-order valence-corrected chi connectivity index (χ2v) is 6.92. The molecule has 7 nitrogen and oxygen atoms in total. The third-order valence-electron chi connectivity index (χ3n) is 4.64. The highest BCUT2D eigenvalue weighted by atomic mass is 16.5. The molecule has 0 fully saturated rings. The Hall–Kier alpha value is -4.13. The van der Waals surface area contributed by atoms with E-state index in [2.05, 4.69) is 20.5 Å². The van der Waals surface area contributed by atoms with E-state index in [9.17, 15) is 4.79 Å². The van der Waals surface area contributed by atoms with E-state index in [4.69, 9.17) is 9.47 Å². The number of ether oxygens (including phenoxy) is 2. The highest BCUT2D eigenvalue weighted by Crippen LogP contribution is 2.29. The number of anilines is 1. The Morgan fingerprint density at radius 2 is 1.84 bits per heavy atom. The van der Waals surface area contributed by atoms with Crippen molar-refractivity contribution in [1.82, 2.24) is 15.2 Å². The Labute approximate surface area is 180 Å². The van der Waals surface area contributed by atoms with Gasteiger partial charge >= 0.3 is 0 Å². The van der Waals surface area contributed by atoms with Crippen LogP contribution < -0.4 is 14.8 Å². The summed E-state index contributed by atoms with van der Waals surface area (Å²) in [5.41, 5.74) is 2.97. The fourth-order valence-electron chi connectivity index (χ4n) is 3.07. The molecule has 1 amide bonds. The van der Waals surface area contributed by atoms with E-state index < -0.39 is 0 Å². The topological polar surface area (TPSA) is 89.1 Å². The van der Waals surface area contributed by atoms with Crippen molar-refractivity contribution in [3.05, 3.63) is 89.7 Å². The predicted octanol–water partition coefficient (Wildman–Crippen LogP) is 4.62. The summed E-state index contributed by atoms with van der Waals surface area (Å²) in [5.74, 6) is 2.12. The van der Waals surface area contributed by atoms with Crippen molar-refractivity contribution in [2.75, 3.05) is 12.4 Å². The van der Waals surface area contributed by atoms with Crippen LogP contribution in [-0.4, -0.2) is 28.2 Å². The number of aryl methyl sites for hydroxylation is 1. The van der Waals surface area contributed by atoms with Crippen molar-refractivity contribution < 1.29 is 14.3 Å². The first-order valence-corrected chi connectivity index (χ1v) is 9.78. The zero-order valence-corrected chi connectivity index (χ0v) is 17.3. The average molecular weight is 414 g/mol. The molecule has 3 aromatic carbocycles. The summed E-state index contributed by atoms with van der Waals surface area (Å²) < 4.78 is 11.3. The van der Waals surface area contributed by atoms with E-state index in [-0.39, 0.29) is 5.91 Å². The Morgan fingerprint density at radius 1 is 1.00 bits per heavy atom. The molecule has 31 heavy (non-hydrogen) atoms. The second kappa shape index (κ2) is 9.13. The van der Waals surface area contributed by atoms with E-state index >= 15 is 0 Å². The van der Waals surface area contributed by atoms with Crippen molar-refractivity contribution in [1.29, 1.82) is 0 Å². The number of hydrogen-bond acceptors (Lipinski definition) is 5. The number of carbonyl (C=O) groups is 1. The molecular formula is C24H22N4O3. The number of methoxy groups -OCH3 is 1. The van der Waals surface area contributed by atoms with Crippen LogP contribution >= 0.6 is 0 Å². The molecule has 4 aromatic rings. The standard InChI is InChI=1S/C24H22N4O3/c1-16-25-23(28-27-16)18-9-6-10-20(13-18)26-24(29)19-11-12-21(22(14-19)30-2)31-15-17-7-4-3-5-8-17/h3-14H,15H2,1-2H3,(H,26,29)(H,25,27,28). The minimum Gasteiger partial charge on any atom is -0.493 e. The minimum absolute atomic E-state index is 0.253. The van der Waals surface area contributed by atoms with E-state index in [1.165, 1.54) is 0 Å². The lowest BCUT2D eigenvalue weighted by Gasteiger charge is -2.13. The fraction of sp³-hybridized carbons (Fsp3) is 0.125. The smallest absolute Gasteiger partial charge is 0.255 e. The SMILES string of the molecule is COc1cc(C(=O)Nc2cccc(-c3n[nH]c(C)n3)c2)ccc1OCc1ccccc1. The molecule has 0 saturated carbocycles. The van der Waals surface area contributed by atoms with Gasteiger partial charge in [0, 0.05) is 16.8 Å². The van der Waals surface area contributed by atoms with Gasteiger partial charge in [0.25, 0.3) is 5.91 Å². The first kappa shape index (κ1) is 20.2. The van der Waals surface area contributed by atoms with Gasteiger partial charge in [0.1, 0.15) is 12.4 Å². The maximum atomic E-state index is 12.8. The van der Waals surface area contributed by atoms with E-state index in [0.717, 1.165) is 17.0 Å². The van der Waals surface area contributed by atoms with Gasteiger partial charge in [-0.1, -0.05) is 42.5 Å². The first-order valence-electron chi connectivity index (χ1n) is 9.78. The van der Waals surface area contributed by atoms with Gasteiger partial charge in [0.15, 0.2) is 17.3 Å². The summed E-state index contributed by atoms with van der Waals surface area (Å²) >= 11 is 0. The van der Waals surface area contributed by atoms with Crippen LogP contribution in [0.25, 0.3) is 11.4 Å². The molecular weight excluding hydrogens is 392 g/mol. The summed E-state index contributed by atoms with van der Waals surface area (Å²) in [4.78, 5) is 17.1. The lowest BCUT2D eigenvalue weighted by atomic mass is 10.1. The lowest BCUT2D eigenvalue weighted by molar-refractivity contribution is 0.102. The van der Waals surface area contributed by atoms with Crippen molar-refractivity contribution >= 4 is 11.6 Å². The van der Waals surface area contributed by atoms with E-state index in [0.29, 0.717) is 35.2 Å². The largest absolute Gasteiger partial charge is 0.493 e. The number of H-pyrrole nitrogens is 1. The maximum absolute atomic E-state index is 12.8. The molecule has 7 heteroatoms. The zero-order chi connectivity index (χ0) is 21.6. The molecule has 1 heterocycles. The van der Waals surface area contributed by atoms with Crippen LogP contribution in [0.1, 0.15) is 21.7 Å². The molecule has 2 N–H and O–H groups in total. The number of aromatic nitrogens is 3. The van der Waals surface area contributed by atoms with Crippen molar-refractivity contribution in [3.63, 3.8) is 0 Å². The van der Waals surface area contributed by atoms with Crippen LogP contribution in [0.4, 0.5) is 5.69 Å². The van der Waals surface area contributed by atoms with Crippen LogP contribution in [0.2, 0.25) is 0 Å². The average Bonchev–Trinajstić information content (AvgIpc) is 3.24. The summed E-state index contributed by atoms with van der Waals surface area (Å²) in [6, 6.07) is 22.3. The molecule has 0 aliphatic rings. The van der Waals surface area contributed by atoms with Crippen LogP contribution in [-0.2, 0) is 6.61 Å². The second-order valence-electron chi connectivity index (χ2n) is 6.92. The number of hydrogen-bond donors (Lipinski definition) is 2. The maximum Gasteiger partial charge on any atom is 0.255 e. The van der Waals surface area contributed by atoms with Crippen molar-refractivity contribution in [3.8, 4) is 22.9 Å². The molecule has 0 unspecified atom stereocenters. The number of carbonyl (C=O) groups excluding carboxylic acids is 1. The number of nitrogens with zero attached hydrogens (tertiary/aromatic N) is 2. The summed E-state index contributed by atoms with van der Waals surface area (Å²) in [6.07, 6.45) is 0. The zero-order valence-electron chi connectivity index (χ0n) is 17.3. The Balaban J connectivity index is 1.47. The molecule has 0 bridgehead atoms. The van der Waals surface area contributed by atoms with Gasteiger partial charge in [-0.15, -0.1) is 0 Å². The Morgan fingerprint density at radius 3 is 2.58 bits per heavy atom. The fourth-order valence-corrected chi connectivity index (χ4v) is 3.07. The molecule has 0 saturated heterocycles. The quantitative estimate of drug-likeness (QED) is 0.461. The van der Waals surface area contributed by atoms with Crippen LogP contribution in [0, 0.1) is 6.92 Å². The Kier molecular flexibility index (Phi) is 5.93. The number of nitrogens with one attached hydrogen (secondary N) is 2. The lowest BCUT2D eigenvalue weighted by Crippen LogP contribution is -2.12. The van der Waals surface area contributed by atoms with Gasteiger partial charge < -0.3 is 14.8 Å². The minimum atomic E-state index is -0.253. The Bertz CT molecular complexity index is 1190. The van der Waals surface area contributed by atoms with Gasteiger partial charge in [0.2, 0.25) is 0 Å². The molecule has 0 aliphatic heterocycles. The third-order valence-corrected chi connectivity index (χ3v) is 4.64. The molecule has 0 radical (unpaired) electrons. The number of rotatable bonds is 7. The van der Waals surface area contributed by atoms with Gasteiger partial charge in [-0.2, -0.15) is 5.10 Å². The summed E-state index contributed by atoms with van der Waals surface area (Å²) in [5, 5.41) is 9.88. The molecule has 0 spiro atoms. The molecule has 156 valence electrons. The first-order chi connectivity index (χ1) is 15.1. The monoisotopic (exact) mass is 414 g/mol. The number of benzene rings is 3. The van der Waals surface area contributed by atoms with Crippen molar-refractivity contribution in [2.45, 2.75) is 13.5 Å². The molecule has 0 aliphatic carbocycles. The van der Waals surface area contributed by atoms with Crippen molar-refractivity contribution in [2.24, 2.45) is 0 Å². The summed E-state index contributed by atoms with van der Waals surface area (Å²) in [7, 11) is 1.55. The highest BCUT2D eigenvalue weighted by molar-refractivity contribution is 6.04. The van der Waals surface area contributed by atoms with Crippen LogP contribution in [0.3, 0.4) is 0 Å². The molecule has 4 rings (SSSR count). The van der Waals surface area contributed by atoms with Gasteiger partial charge in [-0.3, -0.25) is 9.89 Å². The summed E-state index contributed by atoms with van der Waals surface area (Å²) in [6.45, 7) is 2.25. The third kappa shape index (κ3) is 4.90. The molecule has 1 aromatic heterocycles. The highest BCUT2D eigenvalue weighted by Gasteiger charge is 2.13. The molecule has 0 atom stereocenters. The van der Waals surface area contributed by atoms with Gasteiger partial charge in [-0.05, 0) is 42.8 Å². The normalized spacial score (nSPS) is 10.5. The van der Waals surface area contributed by atoms with E-state index in [1.807, 2.05) is 61.5 Å². The van der Waals surface area contributed by atoms with Crippen LogP contribution in [0.15, 0.2) is 72.8 Å². The van der Waals surface area contributed by atoms with E-state index in [1.54, 1.807) is 25.3 Å². The van der Waals surface area contributed by atoms with Gasteiger partial charge in [-0.25, -0.2) is 4.98 Å². The number of amides is 1. The predicted molar refractivity (Wildman–Crippen MR) is 118 cm³/mol. The number of aromatic amines is 1. The van der Waals surface area contributed by atoms with Gasteiger partial charge in [0.05, 0.1) is 7.11 Å².